The fraction of sp³-hybridized carbons (Fsp3) is 0.529. The van der Waals surface area contributed by atoms with Crippen molar-refractivity contribution in [2.75, 3.05) is 14.1 Å². The van der Waals surface area contributed by atoms with Gasteiger partial charge in [0.05, 0.1) is 5.52 Å². The van der Waals surface area contributed by atoms with Gasteiger partial charge in [-0.25, -0.2) is 0 Å². The number of nitrogens with zero attached hydrogens (tertiary/aromatic N) is 2. The van der Waals surface area contributed by atoms with Gasteiger partial charge in [-0.05, 0) is 57.3 Å². The molecule has 100 valence electrons. The Morgan fingerprint density at radius 3 is 2.68 bits per heavy atom. The summed E-state index contributed by atoms with van der Waals surface area (Å²) in [5.74, 6) is 0.835. The molecule has 1 aromatic carbocycles. The zero-order valence-electron chi connectivity index (χ0n) is 12.1. The summed E-state index contributed by atoms with van der Waals surface area (Å²) in [7, 11) is 4.41. The summed E-state index contributed by atoms with van der Waals surface area (Å²) in [6.07, 6.45) is 6.40. The van der Waals surface area contributed by atoms with Gasteiger partial charge in [0.1, 0.15) is 0 Å². The van der Waals surface area contributed by atoms with Gasteiger partial charge in [-0.3, -0.25) is 0 Å². The molecule has 0 bridgehead atoms. The van der Waals surface area contributed by atoms with E-state index in [1.165, 1.54) is 35.7 Å². The Balaban J connectivity index is 1.95. The molecule has 0 spiro atoms. The maximum absolute atomic E-state index is 2.55. The van der Waals surface area contributed by atoms with Crippen LogP contribution in [-0.2, 0) is 6.42 Å². The number of likely N-dealkylation sites (N-methyl/N-ethyl adjacent to an activating group) is 1. The molecule has 19 heavy (non-hydrogen) atoms. The summed E-state index contributed by atoms with van der Waals surface area (Å²) in [5, 5.41) is 1.52. The maximum Gasteiger partial charge on any atom is 0.0519 e. The fourth-order valence-corrected chi connectivity index (χ4v) is 3.81. The van der Waals surface area contributed by atoms with Crippen LogP contribution in [-0.4, -0.2) is 29.6 Å². The third-order valence-electron chi connectivity index (χ3n) is 5.07. The predicted octanol–water partition coefficient (Wildman–Crippen LogP) is 3.57. The number of rotatable bonds is 2. The second-order valence-corrected chi connectivity index (χ2v) is 6.55. The smallest absolute Gasteiger partial charge is 0.0519 e. The van der Waals surface area contributed by atoms with Crippen LogP contribution in [0.3, 0.4) is 0 Å². The highest BCUT2D eigenvalue weighted by molar-refractivity contribution is 5.88. The summed E-state index contributed by atoms with van der Waals surface area (Å²) in [6, 6.07) is 8.07. The van der Waals surface area contributed by atoms with Crippen molar-refractivity contribution in [2.45, 2.75) is 44.2 Å². The Labute approximate surface area is 115 Å². The highest BCUT2D eigenvalue weighted by Crippen LogP contribution is 2.46. The highest BCUT2D eigenvalue weighted by atomic mass is 15.2. The van der Waals surface area contributed by atoms with Gasteiger partial charge >= 0.3 is 0 Å². The van der Waals surface area contributed by atoms with Crippen molar-refractivity contribution in [3.63, 3.8) is 0 Å². The van der Waals surface area contributed by atoms with Gasteiger partial charge in [0.15, 0.2) is 0 Å². The topological polar surface area (TPSA) is 8.17 Å². The van der Waals surface area contributed by atoms with E-state index in [0.29, 0.717) is 12.1 Å². The minimum Gasteiger partial charge on any atom is -0.343 e. The van der Waals surface area contributed by atoms with E-state index in [-0.39, 0.29) is 0 Å². The van der Waals surface area contributed by atoms with Gasteiger partial charge in [-0.2, -0.15) is 0 Å². The lowest BCUT2D eigenvalue weighted by atomic mass is 9.93. The van der Waals surface area contributed by atoms with Crippen molar-refractivity contribution in [3.8, 4) is 0 Å². The van der Waals surface area contributed by atoms with E-state index in [0.717, 1.165) is 5.92 Å². The quantitative estimate of drug-likeness (QED) is 0.795. The first kappa shape index (κ1) is 11.5. The van der Waals surface area contributed by atoms with E-state index in [1.807, 2.05) is 0 Å². The average Bonchev–Trinajstić information content (AvgIpc) is 3.15. The lowest BCUT2D eigenvalue weighted by Gasteiger charge is -2.35. The van der Waals surface area contributed by atoms with Crippen LogP contribution in [0, 0.1) is 0 Å². The Kier molecular flexibility index (Phi) is 2.34. The molecule has 1 aliphatic carbocycles. The van der Waals surface area contributed by atoms with Crippen molar-refractivity contribution in [1.29, 1.82) is 0 Å². The van der Waals surface area contributed by atoms with Crippen molar-refractivity contribution in [3.05, 3.63) is 35.5 Å². The first-order chi connectivity index (χ1) is 9.16. The van der Waals surface area contributed by atoms with Crippen LogP contribution in [0.25, 0.3) is 10.9 Å². The Hall–Kier alpha value is -1.28. The first-order valence-electron chi connectivity index (χ1n) is 7.45. The van der Waals surface area contributed by atoms with Crippen LogP contribution in [0.4, 0.5) is 0 Å². The van der Waals surface area contributed by atoms with Crippen molar-refractivity contribution >= 4 is 10.9 Å². The zero-order chi connectivity index (χ0) is 13.1. The molecular weight excluding hydrogens is 232 g/mol. The molecule has 2 heteroatoms. The molecule has 0 unspecified atom stereocenters. The van der Waals surface area contributed by atoms with E-state index >= 15 is 0 Å². The van der Waals surface area contributed by atoms with Gasteiger partial charge < -0.3 is 9.47 Å². The molecule has 2 aromatic rings. The number of benzene rings is 1. The van der Waals surface area contributed by atoms with Gasteiger partial charge in [0, 0.05) is 23.7 Å². The Morgan fingerprint density at radius 2 is 2.00 bits per heavy atom. The largest absolute Gasteiger partial charge is 0.343 e. The molecule has 1 fully saturated rings. The van der Waals surface area contributed by atoms with Gasteiger partial charge in [-0.15, -0.1) is 0 Å². The van der Waals surface area contributed by atoms with Crippen LogP contribution >= 0.6 is 0 Å². The molecule has 1 saturated carbocycles. The fourth-order valence-electron chi connectivity index (χ4n) is 3.81. The number of hydrogen-bond donors (Lipinski definition) is 0. The summed E-state index contributed by atoms with van der Waals surface area (Å²) >= 11 is 0. The molecule has 1 aliphatic heterocycles. The monoisotopic (exact) mass is 254 g/mol. The molecule has 0 N–H and O–H groups in total. The Morgan fingerprint density at radius 1 is 1.21 bits per heavy atom. The minimum absolute atomic E-state index is 0.569. The first-order valence-corrected chi connectivity index (χ1v) is 7.45. The summed E-state index contributed by atoms with van der Waals surface area (Å²) in [4.78, 5) is 2.38. The number of hydrogen-bond acceptors (Lipinski definition) is 1. The second-order valence-electron chi connectivity index (χ2n) is 6.55. The van der Waals surface area contributed by atoms with E-state index in [2.05, 4.69) is 54.9 Å². The molecule has 2 heterocycles. The molecule has 2 atom stereocenters. The zero-order valence-corrected chi connectivity index (χ0v) is 12.1. The third kappa shape index (κ3) is 1.59. The molecule has 2 aliphatic rings. The molecule has 2 nitrogen and oxygen atoms in total. The van der Waals surface area contributed by atoms with E-state index in [4.69, 9.17) is 0 Å². The second kappa shape index (κ2) is 3.86. The molecular formula is C17H22N2. The predicted molar refractivity (Wildman–Crippen MR) is 79.8 cm³/mol. The molecule has 1 aromatic heterocycles. The molecule has 0 radical (unpaired) electrons. The van der Waals surface area contributed by atoms with Crippen LogP contribution in [0.2, 0.25) is 0 Å². The minimum atomic E-state index is 0.569. The van der Waals surface area contributed by atoms with Gasteiger partial charge in [0.2, 0.25) is 0 Å². The van der Waals surface area contributed by atoms with Crippen LogP contribution in [0.15, 0.2) is 24.4 Å². The molecule has 0 amide bonds. The summed E-state index contributed by atoms with van der Waals surface area (Å²) in [6.45, 7) is 2.37. The summed E-state index contributed by atoms with van der Waals surface area (Å²) < 4.78 is 2.55. The molecule has 0 saturated heterocycles. The lowest BCUT2D eigenvalue weighted by Crippen LogP contribution is -2.39. The standard InChI is InChI=1S/C17H22N2/c1-11-16(18(2)3)9-13-5-4-6-14-15(12-7-8-12)10-19(11)17(13)14/h4-6,10-12,16H,7-9H2,1-3H3/t11-,16+/m0/s1. The summed E-state index contributed by atoms with van der Waals surface area (Å²) in [5.41, 5.74) is 4.64. The van der Waals surface area contributed by atoms with Gasteiger partial charge in [-0.1, -0.05) is 18.2 Å². The van der Waals surface area contributed by atoms with Crippen molar-refractivity contribution < 1.29 is 0 Å². The third-order valence-corrected chi connectivity index (χ3v) is 5.07. The number of aromatic nitrogens is 1. The maximum atomic E-state index is 2.55. The van der Waals surface area contributed by atoms with E-state index < -0.39 is 0 Å². The Bertz CT molecular complexity index is 634. The van der Waals surface area contributed by atoms with Gasteiger partial charge in [0.25, 0.3) is 0 Å². The molecule has 4 rings (SSSR count). The normalized spacial score (nSPS) is 26.3. The number of para-hydroxylation sites is 1. The van der Waals surface area contributed by atoms with Crippen molar-refractivity contribution in [2.24, 2.45) is 0 Å². The average molecular weight is 254 g/mol. The van der Waals surface area contributed by atoms with Crippen LogP contribution in [0.5, 0.6) is 0 Å². The lowest BCUT2D eigenvalue weighted by molar-refractivity contribution is 0.216. The van der Waals surface area contributed by atoms with E-state index in [1.54, 1.807) is 5.56 Å². The van der Waals surface area contributed by atoms with E-state index in [9.17, 15) is 0 Å². The van der Waals surface area contributed by atoms with Crippen LogP contribution in [0.1, 0.15) is 42.9 Å². The van der Waals surface area contributed by atoms with Crippen LogP contribution < -0.4 is 0 Å². The SMILES string of the molecule is C[C@H]1[C@H](N(C)C)Cc2cccc3c(C4CC4)cn1c23. The highest BCUT2D eigenvalue weighted by Gasteiger charge is 2.33. The van der Waals surface area contributed by atoms with Crippen molar-refractivity contribution in [1.82, 2.24) is 9.47 Å².